The summed E-state index contributed by atoms with van der Waals surface area (Å²) in [4.78, 5) is 90.8. The number of carbonyl (C=O) groups excluding carboxylic acids is 6. The molecule has 3 aromatic carbocycles. The van der Waals surface area contributed by atoms with Crippen molar-refractivity contribution in [2.45, 2.75) is 69.5 Å². The van der Waals surface area contributed by atoms with Gasteiger partial charge in [-0.05, 0) is 59.5 Å². The van der Waals surface area contributed by atoms with Crippen molar-refractivity contribution < 1.29 is 61.0 Å². The van der Waals surface area contributed by atoms with E-state index in [1.54, 1.807) is 29.2 Å². The highest BCUT2D eigenvalue weighted by atomic mass is 35.5. The molecule has 5 rings (SSSR count). The fraction of sp³-hybridized carbons (Fsp3) is 0.341. The molecule has 1 aliphatic heterocycles. The van der Waals surface area contributed by atoms with Crippen LogP contribution in [0.15, 0.2) is 70.2 Å². The zero-order chi connectivity index (χ0) is 46.2. The van der Waals surface area contributed by atoms with Crippen LogP contribution in [0.1, 0.15) is 58.2 Å². The van der Waals surface area contributed by atoms with Crippen molar-refractivity contribution in [3.8, 4) is 0 Å². The Morgan fingerprint density at radius 3 is 2.17 bits per heavy atom. The molecule has 1 aromatic heterocycles. The minimum atomic E-state index is -3.67. The first-order valence-electron chi connectivity index (χ1n) is 19.0. The zero-order valence-electron chi connectivity index (χ0n) is 34.1. The molecular formula is C41H42Cl2N4O13S3. The summed E-state index contributed by atoms with van der Waals surface area (Å²) in [6, 6.07) is 10.1. The fourth-order valence-corrected chi connectivity index (χ4v) is 10.2. The van der Waals surface area contributed by atoms with E-state index in [0.29, 0.717) is 27.8 Å². The summed E-state index contributed by atoms with van der Waals surface area (Å²) in [5.74, 6) is -5.82. The summed E-state index contributed by atoms with van der Waals surface area (Å²) in [5.41, 5.74) is 2.31. The lowest BCUT2D eigenvalue weighted by Gasteiger charge is -2.30. The van der Waals surface area contributed by atoms with Crippen molar-refractivity contribution in [2.24, 2.45) is 0 Å². The van der Waals surface area contributed by atoms with Crippen molar-refractivity contribution in [3.63, 3.8) is 0 Å². The van der Waals surface area contributed by atoms with E-state index in [1.807, 2.05) is 0 Å². The van der Waals surface area contributed by atoms with E-state index in [2.05, 4.69) is 16.0 Å². The Morgan fingerprint density at radius 2 is 1.52 bits per heavy atom. The van der Waals surface area contributed by atoms with Gasteiger partial charge in [0.05, 0.1) is 26.8 Å². The Morgan fingerprint density at radius 1 is 0.873 bits per heavy atom. The molecule has 1 aliphatic rings. The third-order valence-corrected chi connectivity index (χ3v) is 13.7. The Hall–Kier alpha value is -5.28. The van der Waals surface area contributed by atoms with Gasteiger partial charge in [-0.2, -0.15) is 0 Å². The number of esters is 2. The second kappa shape index (κ2) is 21.4. The van der Waals surface area contributed by atoms with Crippen molar-refractivity contribution in [1.82, 2.24) is 20.9 Å². The lowest BCUT2D eigenvalue weighted by molar-refractivity contribution is -0.187. The molecule has 0 aliphatic carbocycles. The van der Waals surface area contributed by atoms with E-state index in [9.17, 15) is 47.1 Å². The number of nitrogens with one attached hydrogen (secondary N) is 3. The molecule has 4 unspecified atom stereocenters. The van der Waals surface area contributed by atoms with Gasteiger partial charge in [0, 0.05) is 69.0 Å². The molecule has 0 saturated carbocycles. The summed E-state index contributed by atoms with van der Waals surface area (Å²) < 4.78 is 40.9. The normalized spacial score (nSPS) is 14.3. The van der Waals surface area contributed by atoms with Crippen LogP contribution in [0, 0.1) is 0 Å². The topological polar surface area (TPSA) is 245 Å². The Bertz CT molecular complexity index is 2550. The number of ether oxygens (including phenoxy) is 2. The van der Waals surface area contributed by atoms with Gasteiger partial charge < -0.3 is 39.8 Å². The molecule has 4 aromatic rings. The predicted octanol–water partition coefficient (Wildman–Crippen LogP) is 4.59. The third-order valence-electron chi connectivity index (χ3n) is 9.43. The zero-order valence-corrected chi connectivity index (χ0v) is 38.1. The maximum absolute atomic E-state index is 14.0. The maximum Gasteiger partial charge on any atom is 0.332 e. The number of aliphatic carboxylic acids is 1. The van der Waals surface area contributed by atoms with Gasteiger partial charge >= 0.3 is 17.9 Å². The Labute approximate surface area is 379 Å². The smallest absolute Gasteiger partial charge is 0.332 e. The number of hydrogen-bond acceptors (Lipinski definition) is 14. The van der Waals surface area contributed by atoms with E-state index in [1.165, 1.54) is 50.4 Å². The minimum Gasteiger partial charge on any atom is -0.480 e. The van der Waals surface area contributed by atoms with E-state index in [-0.39, 0.29) is 63.8 Å². The number of carbonyl (C=O) groups is 7. The standard InChI is InChI=1S/C41H42Cl2N4O13S3/c1-21(48)44-32(39(52)53)19-61-62-20-33(45-22(2)49)41(55)60-23(3)59-40(54)31(15-24-6-5-7-28(14-24)63(4,56)57)46-37(50)35-30(42)16-27-18-47(12-10-29(27)36(35)43)38(51)26-9-8-25-11-13-58-34(25)17-26/h5-9,11,13-14,16-17,23,31-33H,10,12,15,18-20H2,1-4H3,(H,44,48)(H,45,49)(H,46,50)(H,52,53). The summed E-state index contributed by atoms with van der Waals surface area (Å²) in [5, 5.41) is 17.4. The quantitative estimate of drug-likeness (QED) is 0.0461. The van der Waals surface area contributed by atoms with E-state index >= 15 is 0 Å². The molecule has 63 heavy (non-hydrogen) atoms. The van der Waals surface area contributed by atoms with Gasteiger partial charge in [0.2, 0.25) is 18.1 Å². The maximum atomic E-state index is 14.0. The van der Waals surface area contributed by atoms with Crippen molar-refractivity contribution in [1.29, 1.82) is 0 Å². The van der Waals surface area contributed by atoms with Gasteiger partial charge in [0.15, 0.2) is 9.84 Å². The summed E-state index contributed by atoms with van der Waals surface area (Å²) in [6.45, 7) is 3.94. The van der Waals surface area contributed by atoms with Gasteiger partial charge in [-0.15, -0.1) is 0 Å². The number of carboxylic acid groups (broad SMARTS) is 1. The van der Waals surface area contributed by atoms with Gasteiger partial charge in [0.1, 0.15) is 23.7 Å². The second-order valence-electron chi connectivity index (χ2n) is 14.3. The van der Waals surface area contributed by atoms with Crippen molar-refractivity contribution in [3.05, 3.63) is 98.7 Å². The average Bonchev–Trinajstić information content (AvgIpc) is 3.68. The van der Waals surface area contributed by atoms with Crippen LogP contribution < -0.4 is 16.0 Å². The highest BCUT2D eigenvalue weighted by Gasteiger charge is 2.33. The molecule has 0 spiro atoms. The number of benzene rings is 3. The molecular weight excluding hydrogens is 924 g/mol. The fourth-order valence-electron chi connectivity index (χ4n) is 6.45. The van der Waals surface area contributed by atoms with Crippen LogP contribution in [-0.4, -0.2) is 109 Å². The SMILES string of the molecule is CC(=O)NC(CSSCC(NC(C)=O)C(=O)OC(C)OC(=O)C(Cc1cccc(S(C)(=O)=O)c1)NC(=O)c1c(Cl)cc2c(c1Cl)CCN(C(=O)c1ccc3ccoc3c1)C2)C(=O)O. The predicted molar refractivity (Wildman–Crippen MR) is 235 cm³/mol. The van der Waals surface area contributed by atoms with Gasteiger partial charge in [-0.25, -0.2) is 22.8 Å². The first kappa shape index (κ1) is 48.7. The van der Waals surface area contributed by atoms with E-state index in [0.717, 1.165) is 40.2 Å². The minimum absolute atomic E-state index is 0.00114. The number of furan rings is 1. The van der Waals surface area contributed by atoms with E-state index < -0.39 is 69.9 Å². The van der Waals surface area contributed by atoms with Crippen molar-refractivity contribution in [2.75, 3.05) is 24.3 Å². The summed E-state index contributed by atoms with van der Waals surface area (Å²) in [6.07, 6.45) is 0.927. The lowest BCUT2D eigenvalue weighted by Crippen LogP contribution is -2.46. The number of nitrogens with zero attached hydrogens (tertiary/aromatic N) is 1. The highest BCUT2D eigenvalue weighted by molar-refractivity contribution is 8.76. The average molecular weight is 966 g/mol. The van der Waals surface area contributed by atoms with Crippen LogP contribution in [0.5, 0.6) is 0 Å². The molecule has 17 nitrogen and oxygen atoms in total. The van der Waals surface area contributed by atoms with Crippen LogP contribution in [0.4, 0.5) is 0 Å². The first-order chi connectivity index (χ1) is 29.7. The summed E-state index contributed by atoms with van der Waals surface area (Å²) >= 11 is 13.5. The molecule has 0 bridgehead atoms. The number of carboxylic acids is 1. The molecule has 22 heteroatoms. The van der Waals surface area contributed by atoms with Crippen LogP contribution >= 0.6 is 44.8 Å². The number of halogens is 2. The molecule has 0 radical (unpaired) electrons. The molecule has 4 N–H and O–H groups in total. The van der Waals surface area contributed by atoms with E-state index in [4.69, 9.17) is 37.1 Å². The van der Waals surface area contributed by atoms with Crippen LogP contribution in [-0.2, 0) is 62.7 Å². The molecule has 2 heterocycles. The van der Waals surface area contributed by atoms with Crippen LogP contribution in [0.25, 0.3) is 11.0 Å². The Kier molecular flexibility index (Phi) is 16.6. The number of rotatable bonds is 18. The van der Waals surface area contributed by atoms with Crippen LogP contribution in [0.2, 0.25) is 10.0 Å². The highest BCUT2D eigenvalue weighted by Crippen LogP contribution is 2.35. The Balaban J connectivity index is 1.31. The second-order valence-corrected chi connectivity index (χ2v) is 19.7. The molecule has 336 valence electrons. The van der Waals surface area contributed by atoms with Gasteiger partial charge in [0.25, 0.3) is 11.8 Å². The van der Waals surface area contributed by atoms with Crippen molar-refractivity contribution >= 4 is 107 Å². The monoisotopic (exact) mass is 964 g/mol. The first-order valence-corrected chi connectivity index (χ1v) is 24.1. The molecule has 4 amide bonds. The largest absolute Gasteiger partial charge is 0.480 e. The molecule has 4 atom stereocenters. The molecule has 0 fully saturated rings. The number of hydrogen-bond donors (Lipinski definition) is 4. The van der Waals surface area contributed by atoms with Gasteiger partial charge in [-0.1, -0.05) is 63.0 Å². The lowest BCUT2D eigenvalue weighted by atomic mass is 9.95. The molecule has 0 saturated heterocycles. The number of sulfone groups is 1. The third kappa shape index (κ3) is 13.1. The van der Waals surface area contributed by atoms with Gasteiger partial charge in [-0.3, -0.25) is 19.2 Å². The summed E-state index contributed by atoms with van der Waals surface area (Å²) in [7, 11) is -1.64. The number of fused-ring (bicyclic) bond motifs is 2. The number of amides is 4. The van der Waals surface area contributed by atoms with Crippen LogP contribution in [0.3, 0.4) is 0 Å².